The van der Waals surface area contributed by atoms with Gasteiger partial charge in [-0.25, -0.2) is 0 Å². The van der Waals surface area contributed by atoms with Gasteiger partial charge >= 0.3 is 0 Å². The zero-order valence-electron chi connectivity index (χ0n) is 8.16. The monoisotopic (exact) mass is 175 g/mol. The molecule has 0 heterocycles. The SMILES string of the molecule is Cc1ccccc1C1CCC1CN. The second kappa shape index (κ2) is 3.51. The van der Waals surface area contributed by atoms with E-state index in [2.05, 4.69) is 31.2 Å². The second-order valence-electron chi connectivity index (χ2n) is 4.04. The van der Waals surface area contributed by atoms with Gasteiger partial charge in [0, 0.05) is 0 Å². The van der Waals surface area contributed by atoms with E-state index in [1.54, 1.807) is 0 Å². The molecule has 0 amide bonds. The fourth-order valence-electron chi connectivity index (χ4n) is 2.26. The lowest BCUT2D eigenvalue weighted by atomic mass is 9.69. The highest BCUT2D eigenvalue weighted by Gasteiger charge is 2.31. The highest BCUT2D eigenvalue weighted by Crippen LogP contribution is 2.42. The predicted octanol–water partition coefficient (Wildman–Crippen LogP) is 2.45. The molecule has 2 atom stereocenters. The molecule has 2 rings (SSSR count). The van der Waals surface area contributed by atoms with Gasteiger partial charge in [-0.3, -0.25) is 0 Å². The van der Waals surface area contributed by atoms with Gasteiger partial charge < -0.3 is 5.73 Å². The van der Waals surface area contributed by atoms with Gasteiger partial charge in [0.15, 0.2) is 0 Å². The molecule has 1 saturated carbocycles. The van der Waals surface area contributed by atoms with Crippen molar-refractivity contribution in [2.75, 3.05) is 6.54 Å². The number of rotatable bonds is 2. The first-order valence-corrected chi connectivity index (χ1v) is 5.08. The minimum atomic E-state index is 0.737. The van der Waals surface area contributed by atoms with Gasteiger partial charge in [0.1, 0.15) is 0 Å². The van der Waals surface area contributed by atoms with Crippen molar-refractivity contribution in [2.24, 2.45) is 11.7 Å². The average Bonchev–Trinajstić information content (AvgIpc) is 2.08. The first-order chi connectivity index (χ1) is 6.33. The molecule has 1 aromatic carbocycles. The van der Waals surface area contributed by atoms with Crippen LogP contribution < -0.4 is 5.73 Å². The van der Waals surface area contributed by atoms with Crippen LogP contribution in [0.2, 0.25) is 0 Å². The van der Waals surface area contributed by atoms with Crippen LogP contribution in [0.5, 0.6) is 0 Å². The Morgan fingerprint density at radius 2 is 2.08 bits per heavy atom. The molecule has 1 aliphatic carbocycles. The minimum Gasteiger partial charge on any atom is -0.330 e. The van der Waals surface area contributed by atoms with Crippen molar-refractivity contribution in [2.45, 2.75) is 25.7 Å². The van der Waals surface area contributed by atoms with E-state index in [-0.39, 0.29) is 0 Å². The van der Waals surface area contributed by atoms with Crippen molar-refractivity contribution < 1.29 is 0 Å². The van der Waals surface area contributed by atoms with Crippen molar-refractivity contribution >= 4 is 0 Å². The topological polar surface area (TPSA) is 26.0 Å². The Bertz CT molecular complexity index is 291. The van der Waals surface area contributed by atoms with E-state index in [9.17, 15) is 0 Å². The number of hydrogen-bond acceptors (Lipinski definition) is 1. The quantitative estimate of drug-likeness (QED) is 0.734. The average molecular weight is 175 g/mol. The molecular formula is C12H17N. The Morgan fingerprint density at radius 3 is 2.62 bits per heavy atom. The van der Waals surface area contributed by atoms with Crippen LogP contribution in [0, 0.1) is 12.8 Å². The molecule has 70 valence electrons. The molecule has 0 bridgehead atoms. The highest BCUT2D eigenvalue weighted by molar-refractivity contribution is 5.31. The lowest BCUT2D eigenvalue weighted by Gasteiger charge is -2.37. The van der Waals surface area contributed by atoms with Crippen LogP contribution in [0.3, 0.4) is 0 Å². The Hall–Kier alpha value is -0.820. The van der Waals surface area contributed by atoms with Crippen LogP contribution in [-0.2, 0) is 0 Å². The van der Waals surface area contributed by atoms with Crippen LogP contribution in [0.4, 0.5) is 0 Å². The van der Waals surface area contributed by atoms with Crippen LogP contribution in [0.15, 0.2) is 24.3 Å². The van der Waals surface area contributed by atoms with Crippen molar-refractivity contribution in [1.82, 2.24) is 0 Å². The maximum atomic E-state index is 5.71. The Labute approximate surface area is 80.0 Å². The van der Waals surface area contributed by atoms with Gasteiger partial charge in [0.05, 0.1) is 0 Å². The first-order valence-electron chi connectivity index (χ1n) is 5.08. The number of aryl methyl sites for hydroxylation is 1. The van der Waals surface area contributed by atoms with E-state index in [4.69, 9.17) is 5.73 Å². The molecule has 0 spiro atoms. The number of benzene rings is 1. The van der Waals surface area contributed by atoms with Gasteiger partial charge in [0.25, 0.3) is 0 Å². The summed E-state index contributed by atoms with van der Waals surface area (Å²) in [6.07, 6.45) is 2.64. The molecule has 0 aliphatic heterocycles. The van der Waals surface area contributed by atoms with E-state index >= 15 is 0 Å². The third-order valence-corrected chi connectivity index (χ3v) is 3.31. The van der Waals surface area contributed by atoms with Crippen LogP contribution in [-0.4, -0.2) is 6.54 Å². The summed E-state index contributed by atoms with van der Waals surface area (Å²) in [6.45, 7) is 3.04. The molecule has 1 nitrogen and oxygen atoms in total. The van der Waals surface area contributed by atoms with Gasteiger partial charge in [-0.15, -0.1) is 0 Å². The third kappa shape index (κ3) is 1.49. The fraction of sp³-hybridized carbons (Fsp3) is 0.500. The standard InChI is InChI=1S/C12H17N/c1-9-4-2-3-5-11(9)12-7-6-10(12)8-13/h2-5,10,12H,6-8,13H2,1H3. The lowest BCUT2D eigenvalue weighted by Crippen LogP contribution is -2.30. The molecule has 13 heavy (non-hydrogen) atoms. The Morgan fingerprint density at radius 1 is 1.31 bits per heavy atom. The molecule has 0 aromatic heterocycles. The molecule has 1 fully saturated rings. The number of hydrogen-bond donors (Lipinski definition) is 1. The van der Waals surface area contributed by atoms with Crippen molar-refractivity contribution in [3.63, 3.8) is 0 Å². The molecule has 1 aromatic rings. The molecule has 0 saturated heterocycles. The Balaban J connectivity index is 2.21. The van der Waals surface area contributed by atoms with E-state index in [0.717, 1.165) is 18.4 Å². The summed E-state index contributed by atoms with van der Waals surface area (Å²) in [5, 5.41) is 0. The van der Waals surface area contributed by atoms with E-state index < -0.39 is 0 Å². The predicted molar refractivity (Wildman–Crippen MR) is 55.7 cm³/mol. The highest BCUT2D eigenvalue weighted by atomic mass is 14.6. The van der Waals surface area contributed by atoms with Crippen molar-refractivity contribution in [3.8, 4) is 0 Å². The van der Waals surface area contributed by atoms with Gasteiger partial charge in [0.2, 0.25) is 0 Å². The first kappa shape index (κ1) is 8.76. The van der Waals surface area contributed by atoms with E-state index in [1.807, 2.05) is 0 Å². The summed E-state index contributed by atoms with van der Waals surface area (Å²) < 4.78 is 0. The summed E-state index contributed by atoms with van der Waals surface area (Å²) >= 11 is 0. The van der Waals surface area contributed by atoms with Crippen molar-refractivity contribution in [1.29, 1.82) is 0 Å². The Kier molecular flexibility index (Phi) is 2.36. The van der Waals surface area contributed by atoms with Crippen molar-refractivity contribution in [3.05, 3.63) is 35.4 Å². The maximum Gasteiger partial charge on any atom is -0.00430 e. The second-order valence-corrected chi connectivity index (χ2v) is 4.04. The molecule has 2 unspecified atom stereocenters. The zero-order chi connectivity index (χ0) is 9.26. The van der Waals surface area contributed by atoms with Crippen LogP contribution in [0.1, 0.15) is 29.9 Å². The minimum absolute atomic E-state index is 0.737. The summed E-state index contributed by atoms with van der Waals surface area (Å²) in [6, 6.07) is 8.69. The van der Waals surface area contributed by atoms with E-state index in [0.29, 0.717) is 0 Å². The molecular weight excluding hydrogens is 158 g/mol. The van der Waals surface area contributed by atoms with Crippen LogP contribution in [0.25, 0.3) is 0 Å². The summed E-state index contributed by atoms with van der Waals surface area (Å²) in [5.41, 5.74) is 8.65. The fourth-order valence-corrected chi connectivity index (χ4v) is 2.26. The smallest absolute Gasteiger partial charge is 0.00430 e. The largest absolute Gasteiger partial charge is 0.330 e. The normalized spacial score (nSPS) is 26.9. The maximum absolute atomic E-state index is 5.71. The van der Waals surface area contributed by atoms with Gasteiger partial charge in [-0.1, -0.05) is 24.3 Å². The number of nitrogens with two attached hydrogens (primary N) is 1. The summed E-state index contributed by atoms with van der Waals surface area (Å²) in [7, 11) is 0. The zero-order valence-corrected chi connectivity index (χ0v) is 8.16. The summed E-state index contributed by atoms with van der Waals surface area (Å²) in [5.74, 6) is 1.48. The molecule has 2 N–H and O–H groups in total. The summed E-state index contributed by atoms with van der Waals surface area (Å²) in [4.78, 5) is 0. The van der Waals surface area contributed by atoms with Gasteiger partial charge in [-0.2, -0.15) is 0 Å². The lowest BCUT2D eigenvalue weighted by molar-refractivity contribution is 0.262. The molecule has 1 aliphatic rings. The van der Waals surface area contributed by atoms with E-state index in [1.165, 1.54) is 24.0 Å². The third-order valence-electron chi connectivity index (χ3n) is 3.31. The molecule has 0 radical (unpaired) electrons. The van der Waals surface area contributed by atoms with Gasteiger partial charge in [-0.05, 0) is 49.3 Å². The molecule has 1 heteroatoms. The van der Waals surface area contributed by atoms with Crippen LogP contribution >= 0.6 is 0 Å².